The number of aromatic nitrogens is 1. The second kappa shape index (κ2) is 6.72. The van der Waals surface area contributed by atoms with Gasteiger partial charge in [0, 0.05) is 0 Å². The largest absolute Gasteiger partial charge is 0.467 e. The molecule has 2 heterocycles. The van der Waals surface area contributed by atoms with Crippen molar-refractivity contribution in [3.63, 3.8) is 0 Å². The highest BCUT2D eigenvalue weighted by Gasteiger charge is 2.10. The van der Waals surface area contributed by atoms with Gasteiger partial charge in [-0.05, 0) is 31.3 Å². The first-order valence-corrected chi connectivity index (χ1v) is 7.84. The Morgan fingerprint density at radius 3 is 2.95 bits per heavy atom. The zero-order chi connectivity index (χ0) is 15.4. The maximum Gasteiger partial charge on any atom is 0.234 e. The zero-order valence-corrected chi connectivity index (χ0v) is 13.1. The summed E-state index contributed by atoms with van der Waals surface area (Å²) in [5.74, 6) is 0.724. The summed E-state index contributed by atoms with van der Waals surface area (Å²) < 4.78 is 6.36. The standard InChI is InChI=1S/C16H17N3O2S/c1-19(10-15(20)17-9-12-5-4-8-21-12)11-16-18-13-6-2-3-7-14(13)22-16/h2-8H,9-11H2,1H3,(H,17,20). The molecule has 1 aromatic carbocycles. The summed E-state index contributed by atoms with van der Waals surface area (Å²) in [4.78, 5) is 18.4. The number of amides is 1. The molecule has 0 atom stereocenters. The minimum Gasteiger partial charge on any atom is -0.467 e. The predicted molar refractivity (Wildman–Crippen MR) is 86.5 cm³/mol. The summed E-state index contributed by atoms with van der Waals surface area (Å²) in [5.41, 5.74) is 1.01. The van der Waals surface area contributed by atoms with Gasteiger partial charge >= 0.3 is 0 Å². The van der Waals surface area contributed by atoms with Gasteiger partial charge in [0.1, 0.15) is 10.8 Å². The van der Waals surface area contributed by atoms with Crippen LogP contribution >= 0.6 is 11.3 Å². The number of rotatable bonds is 6. The first-order valence-electron chi connectivity index (χ1n) is 7.03. The number of hydrogen-bond donors (Lipinski definition) is 1. The van der Waals surface area contributed by atoms with Crippen LogP contribution in [-0.2, 0) is 17.9 Å². The fraction of sp³-hybridized carbons (Fsp3) is 0.250. The molecule has 0 bridgehead atoms. The lowest BCUT2D eigenvalue weighted by Gasteiger charge is -2.14. The highest BCUT2D eigenvalue weighted by molar-refractivity contribution is 7.18. The molecular formula is C16H17N3O2S. The summed E-state index contributed by atoms with van der Waals surface area (Å²) in [7, 11) is 1.92. The number of carbonyl (C=O) groups is 1. The van der Waals surface area contributed by atoms with Crippen molar-refractivity contribution < 1.29 is 9.21 Å². The van der Waals surface area contributed by atoms with Gasteiger partial charge in [0.25, 0.3) is 0 Å². The number of hydrogen-bond acceptors (Lipinski definition) is 5. The maximum absolute atomic E-state index is 11.9. The quantitative estimate of drug-likeness (QED) is 0.760. The fourth-order valence-electron chi connectivity index (χ4n) is 2.17. The predicted octanol–water partition coefficient (Wildman–Crippen LogP) is 2.64. The monoisotopic (exact) mass is 315 g/mol. The molecule has 0 saturated carbocycles. The van der Waals surface area contributed by atoms with Crippen LogP contribution in [0.4, 0.5) is 0 Å². The lowest BCUT2D eigenvalue weighted by Crippen LogP contribution is -2.34. The number of carbonyl (C=O) groups excluding carboxylic acids is 1. The van der Waals surface area contributed by atoms with Crippen molar-refractivity contribution >= 4 is 27.5 Å². The number of fused-ring (bicyclic) bond motifs is 1. The van der Waals surface area contributed by atoms with Crippen molar-refractivity contribution in [1.82, 2.24) is 15.2 Å². The van der Waals surface area contributed by atoms with Gasteiger partial charge in [-0.3, -0.25) is 9.69 Å². The Morgan fingerprint density at radius 1 is 1.32 bits per heavy atom. The fourth-order valence-corrected chi connectivity index (χ4v) is 3.22. The minimum absolute atomic E-state index is 0.0278. The second-order valence-electron chi connectivity index (χ2n) is 5.10. The minimum atomic E-state index is -0.0278. The normalized spacial score (nSPS) is 11.2. The first kappa shape index (κ1) is 14.7. The number of furan rings is 1. The summed E-state index contributed by atoms with van der Waals surface area (Å²) in [5, 5.41) is 3.85. The van der Waals surface area contributed by atoms with Gasteiger partial charge < -0.3 is 9.73 Å². The molecule has 6 heteroatoms. The summed E-state index contributed by atoms with van der Waals surface area (Å²) in [6.45, 7) is 1.41. The summed E-state index contributed by atoms with van der Waals surface area (Å²) in [6, 6.07) is 11.7. The number of benzene rings is 1. The van der Waals surface area contributed by atoms with Crippen LogP contribution in [0.1, 0.15) is 10.8 Å². The van der Waals surface area contributed by atoms with Gasteiger partial charge in [-0.2, -0.15) is 0 Å². The molecule has 3 rings (SSSR count). The van der Waals surface area contributed by atoms with E-state index in [0.29, 0.717) is 19.6 Å². The van der Waals surface area contributed by atoms with Crippen molar-refractivity contribution in [2.45, 2.75) is 13.1 Å². The van der Waals surface area contributed by atoms with Crippen molar-refractivity contribution in [2.24, 2.45) is 0 Å². The van der Waals surface area contributed by atoms with E-state index in [4.69, 9.17) is 4.42 Å². The molecule has 1 N–H and O–H groups in total. The van der Waals surface area contributed by atoms with Gasteiger partial charge in [-0.15, -0.1) is 11.3 Å². The number of nitrogens with zero attached hydrogens (tertiary/aromatic N) is 2. The van der Waals surface area contributed by atoms with Gasteiger partial charge in [0.2, 0.25) is 5.91 Å². The molecular weight excluding hydrogens is 298 g/mol. The molecule has 0 spiro atoms. The number of para-hydroxylation sites is 1. The first-order chi connectivity index (χ1) is 10.7. The lowest BCUT2D eigenvalue weighted by molar-refractivity contribution is -0.122. The van der Waals surface area contributed by atoms with Crippen LogP contribution in [-0.4, -0.2) is 29.4 Å². The molecule has 1 amide bonds. The molecule has 0 unspecified atom stereocenters. The molecule has 0 aliphatic heterocycles. The van der Waals surface area contributed by atoms with Crippen LogP contribution in [0.15, 0.2) is 47.1 Å². The highest BCUT2D eigenvalue weighted by atomic mass is 32.1. The van der Waals surface area contributed by atoms with Crippen LogP contribution in [0.5, 0.6) is 0 Å². The van der Waals surface area contributed by atoms with Crippen LogP contribution < -0.4 is 5.32 Å². The molecule has 5 nitrogen and oxygen atoms in total. The molecule has 0 radical (unpaired) electrons. The molecule has 114 valence electrons. The van der Waals surface area contributed by atoms with Gasteiger partial charge in [0.05, 0.1) is 36.1 Å². The lowest BCUT2D eigenvalue weighted by atomic mass is 10.3. The van der Waals surface area contributed by atoms with E-state index in [0.717, 1.165) is 16.3 Å². The zero-order valence-electron chi connectivity index (χ0n) is 12.3. The van der Waals surface area contributed by atoms with Gasteiger partial charge in [-0.1, -0.05) is 12.1 Å². The second-order valence-corrected chi connectivity index (χ2v) is 6.22. The van der Waals surface area contributed by atoms with E-state index >= 15 is 0 Å². The van der Waals surface area contributed by atoms with Crippen LogP contribution in [0.25, 0.3) is 10.2 Å². The van der Waals surface area contributed by atoms with E-state index in [1.807, 2.05) is 36.2 Å². The third-order valence-corrected chi connectivity index (χ3v) is 4.22. The Hall–Kier alpha value is -2.18. The smallest absolute Gasteiger partial charge is 0.234 e. The van der Waals surface area contributed by atoms with E-state index in [1.165, 1.54) is 4.70 Å². The summed E-state index contributed by atoms with van der Waals surface area (Å²) >= 11 is 1.66. The molecule has 0 aliphatic carbocycles. The van der Waals surface area contributed by atoms with Crippen molar-refractivity contribution in [3.05, 3.63) is 53.4 Å². The summed E-state index contributed by atoms with van der Waals surface area (Å²) in [6.07, 6.45) is 1.60. The SMILES string of the molecule is CN(CC(=O)NCc1ccco1)Cc1nc2ccccc2s1. The van der Waals surface area contributed by atoms with Crippen LogP contribution in [0.2, 0.25) is 0 Å². The van der Waals surface area contributed by atoms with Crippen molar-refractivity contribution in [3.8, 4) is 0 Å². The number of thiazole rings is 1. The van der Waals surface area contributed by atoms with Crippen LogP contribution in [0, 0.1) is 0 Å². The third kappa shape index (κ3) is 3.72. The van der Waals surface area contributed by atoms with Gasteiger partial charge in [0.15, 0.2) is 0 Å². The Bertz CT molecular complexity index is 719. The van der Waals surface area contributed by atoms with E-state index in [9.17, 15) is 4.79 Å². The Kier molecular flexibility index (Phi) is 4.50. The Labute approximate surface area is 132 Å². The molecule has 3 aromatic rings. The molecule has 0 saturated heterocycles. The van der Waals surface area contributed by atoms with Crippen molar-refractivity contribution in [2.75, 3.05) is 13.6 Å². The average molecular weight is 315 g/mol. The average Bonchev–Trinajstić information content (AvgIpc) is 3.13. The highest BCUT2D eigenvalue weighted by Crippen LogP contribution is 2.22. The van der Waals surface area contributed by atoms with Gasteiger partial charge in [-0.25, -0.2) is 4.98 Å². The Morgan fingerprint density at radius 2 is 2.18 bits per heavy atom. The van der Waals surface area contributed by atoms with Crippen molar-refractivity contribution in [1.29, 1.82) is 0 Å². The topological polar surface area (TPSA) is 58.4 Å². The van der Waals surface area contributed by atoms with E-state index < -0.39 is 0 Å². The van der Waals surface area contributed by atoms with E-state index in [1.54, 1.807) is 23.7 Å². The van der Waals surface area contributed by atoms with E-state index in [-0.39, 0.29) is 5.91 Å². The third-order valence-electron chi connectivity index (χ3n) is 3.20. The molecule has 0 aliphatic rings. The molecule has 2 aromatic heterocycles. The maximum atomic E-state index is 11.9. The number of likely N-dealkylation sites (N-methyl/N-ethyl adjacent to an activating group) is 1. The Balaban J connectivity index is 1.51. The number of nitrogens with one attached hydrogen (secondary N) is 1. The van der Waals surface area contributed by atoms with Crippen LogP contribution in [0.3, 0.4) is 0 Å². The molecule has 22 heavy (non-hydrogen) atoms. The molecule has 0 fully saturated rings. The van der Waals surface area contributed by atoms with E-state index in [2.05, 4.69) is 16.4 Å².